The van der Waals surface area contributed by atoms with Crippen molar-refractivity contribution in [3.05, 3.63) is 148 Å². The highest BCUT2D eigenvalue weighted by Gasteiger charge is 2.35. The molecule has 5 aromatic carbocycles. The van der Waals surface area contributed by atoms with Gasteiger partial charge in [-0.25, -0.2) is 0 Å². The van der Waals surface area contributed by atoms with Gasteiger partial charge in [0.25, 0.3) is 5.91 Å². The lowest BCUT2D eigenvalue weighted by Gasteiger charge is -2.23. The van der Waals surface area contributed by atoms with Crippen molar-refractivity contribution in [2.45, 2.75) is 78.1 Å². The maximum atomic E-state index is 13.9. The van der Waals surface area contributed by atoms with Crippen LogP contribution in [-0.4, -0.2) is 17.5 Å². The van der Waals surface area contributed by atoms with Gasteiger partial charge in [0.15, 0.2) is 11.6 Å². The number of aryl methyl sites for hydroxylation is 2. The topological polar surface area (TPSA) is 72.5 Å². The summed E-state index contributed by atoms with van der Waals surface area (Å²) in [6.45, 7) is 4.41. The van der Waals surface area contributed by atoms with Crippen LogP contribution in [-0.2, 0) is 12.8 Å². The van der Waals surface area contributed by atoms with Gasteiger partial charge in [-0.05, 0) is 84.3 Å². The zero-order valence-electron chi connectivity index (χ0n) is 29.1. The van der Waals surface area contributed by atoms with E-state index in [2.05, 4.69) is 43.4 Å². The SMILES string of the molecule is CCCCCCCCc1ccc(-c2ccc(C(=O)Nc3ccc(Oc4ccc(CCCC)cc4)c4c3C(=O)c3ccccc3C4=O)cc2)cc1. The van der Waals surface area contributed by atoms with E-state index in [9.17, 15) is 14.4 Å². The molecule has 5 aromatic rings. The predicted octanol–water partition coefficient (Wildman–Crippen LogP) is 11.4. The van der Waals surface area contributed by atoms with Crippen molar-refractivity contribution in [3.8, 4) is 22.6 Å². The maximum Gasteiger partial charge on any atom is 0.255 e. The number of unbranched alkanes of at least 4 members (excludes halogenated alkanes) is 6. The lowest BCUT2D eigenvalue weighted by atomic mass is 9.82. The molecular weight excluding hydrogens is 618 g/mol. The zero-order chi connectivity index (χ0) is 34.9. The minimum absolute atomic E-state index is 0.136. The van der Waals surface area contributed by atoms with Gasteiger partial charge in [0.2, 0.25) is 0 Å². The number of carbonyl (C=O) groups excluding carboxylic acids is 3. The number of fused-ring (bicyclic) bond motifs is 2. The molecular formula is C45H45NO4. The quantitative estimate of drug-likeness (QED) is 0.111. The Hall–Kier alpha value is -5.29. The number of ether oxygens (including phenoxy) is 1. The van der Waals surface area contributed by atoms with Crippen molar-refractivity contribution >= 4 is 23.2 Å². The molecule has 0 unspecified atom stereocenters. The third-order valence-electron chi connectivity index (χ3n) is 9.51. The monoisotopic (exact) mass is 663 g/mol. The maximum absolute atomic E-state index is 13.9. The van der Waals surface area contributed by atoms with Crippen LogP contribution in [0.3, 0.4) is 0 Å². The molecule has 5 nitrogen and oxygen atoms in total. The Bertz CT molecular complexity index is 1960. The van der Waals surface area contributed by atoms with E-state index in [1.807, 2.05) is 36.4 Å². The van der Waals surface area contributed by atoms with Gasteiger partial charge < -0.3 is 10.1 Å². The summed E-state index contributed by atoms with van der Waals surface area (Å²) in [5, 5.41) is 2.92. The van der Waals surface area contributed by atoms with Crippen molar-refractivity contribution in [2.24, 2.45) is 0 Å². The molecule has 0 atom stereocenters. The Morgan fingerprint density at radius 2 is 1.10 bits per heavy atom. The molecule has 1 aliphatic carbocycles. The molecule has 0 fully saturated rings. The van der Waals surface area contributed by atoms with Crippen LogP contribution in [0.2, 0.25) is 0 Å². The molecule has 0 heterocycles. The summed E-state index contributed by atoms with van der Waals surface area (Å²) in [6.07, 6.45) is 12.0. The molecule has 1 amide bonds. The largest absolute Gasteiger partial charge is 0.457 e. The van der Waals surface area contributed by atoms with Gasteiger partial charge in [-0.2, -0.15) is 0 Å². The van der Waals surface area contributed by atoms with Gasteiger partial charge >= 0.3 is 0 Å². The van der Waals surface area contributed by atoms with Crippen molar-refractivity contribution < 1.29 is 19.1 Å². The summed E-state index contributed by atoms with van der Waals surface area (Å²) < 4.78 is 6.23. The van der Waals surface area contributed by atoms with Crippen LogP contribution in [0.1, 0.15) is 119 Å². The second kappa shape index (κ2) is 16.4. The van der Waals surface area contributed by atoms with Gasteiger partial charge in [0.1, 0.15) is 11.5 Å². The number of carbonyl (C=O) groups is 3. The third kappa shape index (κ3) is 7.94. The second-order valence-corrected chi connectivity index (χ2v) is 13.2. The minimum Gasteiger partial charge on any atom is -0.457 e. The van der Waals surface area contributed by atoms with Gasteiger partial charge in [0, 0.05) is 16.7 Å². The van der Waals surface area contributed by atoms with E-state index in [1.165, 1.54) is 49.7 Å². The van der Waals surface area contributed by atoms with E-state index in [-0.39, 0.29) is 40.0 Å². The number of hydrogen-bond donors (Lipinski definition) is 1. The highest BCUT2D eigenvalue weighted by atomic mass is 16.5. The zero-order valence-corrected chi connectivity index (χ0v) is 29.1. The fraction of sp³-hybridized carbons (Fsp3) is 0.267. The molecule has 0 aromatic heterocycles. The average molecular weight is 664 g/mol. The lowest BCUT2D eigenvalue weighted by Crippen LogP contribution is -2.24. The fourth-order valence-electron chi connectivity index (χ4n) is 6.60. The summed E-state index contributed by atoms with van der Waals surface area (Å²) >= 11 is 0. The Morgan fingerprint density at radius 3 is 1.74 bits per heavy atom. The first kappa shape index (κ1) is 34.6. The summed E-state index contributed by atoms with van der Waals surface area (Å²) in [6, 6.07) is 34.0. The third-order valence-corrected chi connectivity index (χ3v) is 9.51. The summed E-state index contributed by atoms with van der Waals surface area (Å²) in [4.78, 5) is 41.4. The summed E-state index contributed by atoms with van der Waals surface area (Å²) in [5.41, 5.74) is 6.29. The Kier molecular flexibility index (Phi) is 11.3. The van der Waals surface area contributed by atoms with Crippen LogP contribution in [0.15, 0.2) is 109 Å². The Labute approximate surface area is 295 Å². The van der Waals surface area contributed by atoms with Gasteiger partial charge in [-0.1, -0.05) is 125 Å². The molecule has 6 rings (SSSR count). The number of benzene rings is 5. The van der Waals surface area contributed by atoms with Crippen LogP contribution in [0, 0.1) is 0 Å². The van der Waals surface area contributed by atoms with E-state index in [1.54, 1.807) is 48.5 Å². The summed E-state index contributed by atoms with van der Waals surface area (Å²) in [5.74, 6) is -0.182. The van der Waals surface area contributed by atoms with Crippen LogP contribution >= 0.6 is 0 Å². The summed E-state index contributed by atoms with van der Waals surface area (Å²) in [7, 11) is 0. The van der Waals surface area contributed by atoms with E-state index in [0.717, 1.165) is 36.8 Å². The first-order valence-electron chi connectivity index (χ1n) is 18.1. The number of hydrogen-bond acceptors (Lipinski definition) is 4. The Morgan fingerprint density at radius 1 is 0.560 bits per heavy atom. The van der Waals surface area contributed by atoms with Crippen LogP contribution < -0.4 is 10.1 Å². The normalized spacial score (nSPS) is 12.0. The molecule has 254 valence electrons. The van der Waals surface area contributed by atoms with Crippen LogP contribution in [0.5, 0.6) is 11.5 Å². The molecule has 0 spiro atoms. The standard InChI is InChI=1S/C45H45NO4/c1-3-5-7-8-9-10-14-32-17-21-33(22-18-32)34-23-25-35(26-24-34)45(49)46-39-29-30-40(50-36-27-19-31(20-28-36)13-6-4-2)42-41(39)43(47)37-15-11-12-16-38(37)44(42)48/h11-12,15-30H,3-10,13-14H2,1-2H3,(H,46,49). The number of ketones is 2. The molecule has 1 aliphatic rings. The van der Waals surface area contributed by atoms with E-state index in [0.29, 0.717) is 22.4 Å². The minimum atomic E-state index is -0.372. The fourth-order valence-corrected chi connectivity index (χ4v) is 6.60. The number of nitrogens with one attached hydrogen (secondary N) is 1. The van der Waals surface area contributed by atoms with Crippen molar-refractivity contribution in [1.82, 2.24) is 0 Å². The van der Waals surface area contributed by atoms with Gasteiger partial charge in [-0.3, -0.25) is 14.4 Å². The van der Waals surface area contributed by atoms with Gasteiger partial charge in [-0.15, -0.1) is 0 Å². The van der Waals surface area contributed by atoms with Crippen LogP contribution in [0.25, 0.3) is 11.1 Å². The number of rotatable bonds is 15. The second-order valence-electron chi connectivity index (χ2n) is 13.2. The highest BCUT2D eigenvalue weighted by molar-refractivity contribution is 6.31. The molecule has 50 heavy (non-hydrogen) atoms. The smallest absolute Gasteiger partial charge is 0.255 e. The first-order chi connectivity index (χ1) is 24.5. The molecule has 0 radical (unpaired) electrons. The van der Waals surface area contributed by atoms with E-state index >= 15 is 0 Å². The molecule has 0 bridgehead atoms. The molecule has 0 saturated carbocycles. The molecule has 1 N–H and O–H groups in total. The molecule has 5 heteroatoms. The van der Waals surface area contributed by atoms with Crippen molar-refractivity contribution in [1.29, 1.82) is 0 Å². The predicted molar refractivity (Wildman–Crippen MR) is 202 cm³/mol. The number of amides is 1. The first-order valence-corrected chi connectivity index (χ1v) is 18.1. The molecule has 0 aliphatic heterocycles. The van der Waals surface area contributed by atoms with Crippen LogP contribution in [0.4, 0.5) is 5.69 Å². The van der Waals surface area contributed by atoms with Crippen molar-refractivity contribution in [2.75, 3.05) is 5.32 Å². The highest BCUT2D eigenvalue weighted by Crippen LogP contribution is 2.39. The average Bonchev–Trinajstić information content (AvgIpc) is 3.15. The van der Waals surface area contributed by atoms with Gasteiger partial charge in [0.05, 0.1) is 16.8 Å². The molecule has 0 saturated heterocycles. The number of anilines is 1. The lowest BCUT2D eigenvalue weighted by molar-refractivity contribution is 0.0976. The van der Waals surface area contributed by atoms with Crippen molar-refractivity contribution in [3.63, 3.8) is 0 Å². The van der Waals surface area contributed by atoms with E-state index in [4.69, 9.17) is 4.74 Å². The Balaban J connectivity index is 1.19. The van der Waals surface area contributed by atoms with E-state index < -0.39 is 0 Å².